The van der Waals surface area contributed by atoms with Gasteiger partial charge in [-0.2, -0.15) is 0 Å². The van der Waals surface area contributed by atoms with Crippen LogP contribution in [0.3, 0.4) is 0 Å². The van der Waals surface area contributed by atoms with Crippen LogP contribution >= 0.6 is 12.2 Å². The van der Waals surface area contributed by atoms with E-state index in [0.29, 0.717) is 0 Å². The summed E-state index contributed by atoms with van der Waals surface area (Å²) in [5.41, 5.74) is -0.873. The fourth-order valence-corrected chi connectivity index (χ4v) is 2.95. The maximum absolute atomic E-state index is 14.4. The van der Waals surface area contributed by atoms with E-state index in [2.05, 4.69) is 10.3 Å². The number of aromatic amines is 1. The largest absolute Gasteiger partial charge is 0.461 e. The van der Waals surface area contributed by atoms with E-state index in [1.54, 1.807) is 19.2 Å². The Hall–Kier alpha value is -3.07. The lowest BCUT2D eigenvalue weighted by molar-refractivity contribution is -0.0974. The van der Waals surface area contributed by atoms with Gasteiger partial charge < -0.3 is 28.8 Å². The second kappa shape index (κ2) is 14.5. The van der Waals surface area contributed by atoms with Crippen LogP contribution in [0.5, 0.6) is 0 Å². The SMILES string of the molecule is CCOC(=O)NC(=S)N(CCOC(C(F)F)C(F)NC(=O)OC(C)(C)C)c1cc[nH]c1C(=O)OCC. The molecule has 1 rings (SSSR count). The van der Waals surface area contributed by atoms with Gasteiger partial charge in [-0.1, -0.05) is 0 Å². The number of thiocarbonyl (C=S) groups is 1. The number of esters is 1. The number of nitrogens with one attached hydrogen (secondary N) is 3. The normalized spacial score (nSPS) is 12.9. The van der Waals surface area contributed by atoms with E-state index < -0.39 is 49.2 Å². The summed E-state index contributed by atoms with van der Waals surface area (Å²) in [4.78, 5) is 39.7. The highest BCUT2D eigenvalue weighted by atomic mass is 32.1. The van der Waals surface area contributed by atoms with Crippen LogP contribution in [0.15, 0.2) is 12.3 Å². The summed E-state index contributed by atoms with van der Waals surface area (Å²) in [6, 6.07) is 1.43. The number of aromatic nitrogens is 1. The minimum Gasteiger partial charge on any atom is -0.461 e. The third kappa shape index (κ3) is 10.3. The number of alkyl carbamates (subject to hydrolysis) is 2. The maximum Gasteiger partial charge on any atom is 0.413 e. The van der Waals surface area contributed by atoms with Crippen LogP contribution in [-0.4, -0.2) is 79.0 Å². The molecule has 3 N–H and O–H groups in total. The quantitative estimate of drug-likeness (QED) is 0.167. The van der Waals surface area contributed by atoms with E-state index in [0.717, 1.165) is 0 Å². The molecule has 0 saturated carbocycles. The smallest absolute Gasteiger partial charge is 0.413 e. The monoisotopic (exact) mass is 540 g/mol. The van der Waals surface area contributed by atoms with Crippen LogP contribution in [0.4, 0.5) is 28.4 Å². The zero-order chi connectivity index (χ0) is 27.5. The van der Waals surface area contributed by atoms with Crippen LogP contribution in [-0.2, 0) is 18.9 Å². The van der Waals surface area contributed by atoms with Crippen molar-refractivity contribution in [2.24, 2.45) is 0 Å². The van der Waals surface area contributed by atoms with Crippen molar-refractivity contribution in [1.82, 2.24) is 15.6 Å². The minimum atomic E-state index is -3.31. The Kier molecular flexibility index (Phi) is 12.5. The number of halogens is 3. The Morgan fingerprint density at radius 1 is 1.11 bits per heavy atom. The first-order chi connectivity index (χ1) is 16.8. The first-order valence-corrected chi connectivity index (χ1v) is 11.3. The number of rotatable bonds is 11. The van der Waals surface area contributed by atoms with Gasteiger partial charge in [0.05, 0.1) is 25.5 Å². The van der Waals surface area contributed by atoms with Crippen LogP contribution in [0.25, 0.3) is 0 Å². The summed E-state index contributed by atoms with van der Waals surface area (Å²) < 4.78 is 61.0. The average Bonchev–Trinajstić information content (AvgIpc) is 3.21. The molecule has 15 heteroatoms. The van der Waals surface area contributed by atoms with E-state index >= 15 is 0 Å². The third-order valence-corrected chi connectivity index (χ3v) is 4.36. The number of hydrogen-bond acceptors (Lipinski definition) is 8. The number of ether oxygens (including phenoxy) is 4. The Morgan fingerprint density at radius 2 is 1.75 bits per heavy atom. The van der Waals surface area contributed by atoms with E-state index in [-0.39, 0.29) is 36.3 Å². The van der Waals surface area contributed by atoms with Crippen molar-refractivity contribution >= 4 is 41.2 Å². The number of nitrogens with zero attached hydrogens (tertiary/aromatic N) is 1. The number of H-pyrrole nitrogens is 1. The lowest BCUT2D eigenvalue weighted by atomic mass is 10.2. The van der Waals surface area contributed by atoms with Crippen molar-refractivity contribution in [3.63, 3.8) is 0 Å². The molecule has 1 aromatic heterocycles. The second-order valence-electron chi connectivity index (χ2n) is 7.98. The summed E-state index contributed by atoms with van der Waals surface area (Å²) in [7, 11) is 0. The Morgan fingerprint density at radius 3 is 2.31 bits per heavy atom. The second-order valence-corrected chi connectivity index (χ2v) is 8.37. The van der Waals surface area contributed by atoms with Gasteiger partial charge in [0.25, 0.3) is 6.43 Å². The fourth-order valence-electron chi connectivity index (χ4n) is 2.67. The molecular weight excluding hydrogens is 509 g/mol. The molecule has 0 radical (unpaired) electrons. The number of carbonyl (C=O) groups excluding carboxylic acids is 3. The van der Waals surface area contributed by atoms with Gasteiger partial charge >= 0.3 is 18.2 Å². The lowest BCUT2D eigenvalue weighted by Crippen LogP contribution is -2.48. The van der Waals surface area contributed by atoms with Gasteiger partial charge in [0.1, 0.15) is 11.3 Å². The molecule has 0 aliphatic heterocycles. The number of carbonyl (C=O) groups is 3. The van der Waals surface area contributed by atoms with Gasteiger partial charge in [-0.3, -0.25) is 10.6 Å². The zero-order valence-electron chi connectivity index (χ0n) is 20.6. The number of anilines is 1. The molecule has 0 aromatic carbocycles. The van der Waals surface area contributed by atoms with Crippen LogP contribution in [0.1, 0.15) is 45.1 Å². The van der Waals surface area contributed by atoms with E-state index in [1.807, 2.05) is 0 Å². The topological polar surface area (TPSA) is 131 Å². The summed E-state index contributed by atoms with van der Waals surface area (Å²) in [6.07, 6.45) is -8.99. The maximum atomic E-state index is 14.4. The Balaban J connectivity index is 3.00. The highest BCUT2D eigenvalue weighted by Crippen LogP contribution is 2.21. The predicted octanol–water partition coefficient (Wildman–Crippen LogP) is 3.50. The molecule has 0 aliphatic rings. The molecule has 2 amide bonds. The summed E-state index contributed by atoms with van der Waals surface area (Å²) in [5.74, 6) is -0.738. The molecule has 0 aliphatic carbocycles. The summed E-state index contributed by atoms with van der Waals surface area (Å²) in [6.45, 7) is 7.00. The third-order valence-electron chi connectivity index (χ3n) is 4.04. The number of hydrogen-bond donors (Lipinski definition) is 3. The van der Waals surface area contributed by atoms with Crippen molar-refractivity contribution in [2.75, 3.05) is 31.3 Å². The molecule has 36 heavy (non-hydrogen) atoms. The van der Waals surface area contributed by atoms with E-state index in [1.165, 1.54) is 37.9 Å². The van der Waals surface area contributed by atoms with Crippen LogP contribution in [0.2, 0.25) is 0 Å². The van der Waals surface area contributed by atoms with Gasteiger partial charge in [-0.15, -0.1) is 0 Å². The number of amides is 2. The molecule has 0 saturated heterocycles. The first kappa shape index (κ1) is 31.0. The van der Waals surface area contributed by atoms with Crippen molar-refractivity contribution in [1.29, 1.82) is 0 Å². The molecule has 2 atom stereocenters. The molecule has 0 spiro atoms. The van der Waals surface area contributed by atoms with Gasteiger partial charge in [0.2, 0.25) is 6.30 Å². The Bertz CT molecular complexity index is 895. The fraction of sp³-hybridized carbons (Fsp3) is 0.619. The molecule has 2 unspecified atom stereocenters. The predicted molar refractivity (Wildman–Crippen MR) is 127 cm³/mol. The van der Waals surface area contributed by atoms with Crippen molar-refractivity contribution in [2.45, 2.75) is 59.0 Å². The molecule has 0 bridgehead atoms. The molecule has 1 aromatic rings. The average molecular weight is 541 g/mol. The Labute approximate surface area is 211 Å². The van der Waals surface area contributed by atoms with Gasteiger partial charge in [0.15, 0.2) is 11.2 Å². The van der Waals surface area contributed by atoms with E-state index in [4.69, 9.17) is 31.2 Å². The molecule has 0 fully saturated rings. The van der Waals surface area contributed by atoms with E-state index in [9.17, 15) is 27.6 Å². The molecular formula is C21H31F3N4O7S. The molecule has 204 valence electrons. The summed E-state index contributed by atoms with van der Waals surface area (Å²) >= 11 is 5.21. The van der Waals surface area contributed by atoms with Crippen molar-refractivity contribution in [3.05, 3.63) is 18.0 Å². The molecule has 11 nitrogen and oxygen atoms in total. The van der Waals surface area contributed by atoms with Gasteiger partial charge in [0, 0.05) is 12.7 Å². The van der Waals surface area contributed by atoms with Crippen LogP contribution < -0.4 is 15.5 Å². The highest BCUT2D eigenvalue weighted by Gasteiger charge is 2.34. The zero-order valence-corrected chi connectivity index (χ0v) is 21.4. The van der Waals surface area contributed by atoms with Gasteiger partial charge in [-0.05, 0) is 52.9 Å². The minimum absolute atomic E-state index is 0.0368. The van der Waals surface area contributed by atoms with Crippen molar-refractivity contribution < 1.29 is 46.5 Å². The number of alkyl halides is 3. The summed E-state index contributed by atoms with van der Waals surface area (Å²) in [5, 5.41) is 3.70. The first-order valence-electron chi connectivity index (χ1n) is 10.9. The van der Waals surface area contributed by atoms with Crippen molar-refractivity contribution in [3.8, 4) is 0 Å². The molecule has 1 heterocycles. The standard InChI is InChI=1S/C21H31F3N4O7S/c1-6-32-17(29)13-12(8-9-25-13)28(18(36)27-19(30)33-7-2)10-11-34-14(15(22)23)16(24)26-20(31)35-21(3,4)5/h8-9,14-16,25H,6-7,10-11H2,1-5H3,(H,26,31)(H,27,30,36). The lowest BCUT2D eigenvalue weighted by Gasteiger charge is -2.27. The highest BCUT2D eigenvalue weighted by molar-refractivity contribution is 7.80. The van der Waals surface area contributed by atoms with Crippen LogP contribution in [0, 0.1) is 0 Å². The van der Waals surface area contributed by atoms with Gasteiger partial charge in [-0.25, -0.2) is 27.6 Å².